The number of benzene rings is 3. The first-order valence-corrected chi connectivity index (χ1v) is 10.2. The van der Waals surface area contributed by atoms with Crippen molar-refractivity contribution in [2.24, 2.45) is 5.10 Å². The van der Waals surface area contributed by atoms with Crippen LogP contribution in [0.4, 0.5) is 4.39 Å². The molecule has 2 atom stereocenters. The van der Waals surface area contributed by atoms with Crippen molar-refractivity contribution in [1.29, 1.82) is 0 Å². The molecular weight excluding hydrogens is 434 g/mol. The van der Waals surface area contributed by atoms with Crippen LogP contribution in [-0.4, -0.2) is 10.7 Å². The summed E-state index contributed by atoms with van der Waals surface area (Å²) in [6.07, 6.45) is -0.159. The maximum Gasteiger partial charge on any atom is 0.218 e. The molecule has 0 fully saturated rings. The van der Waals surface area contributed by atoms with Gasteiger partial charge in [-0.05, 0) is 48.0 Å². The van der Waals surface area contributed by atoms with Gasteiger partial charge in [0.15, 0.2) is 0 Å². The second-order valence-corrected chi connectivity index (χ2v) is 8.22. The molecule has 3 aromatic carbocycles. The van der Waals surface area contributed by atoms with Gasteiger partial charge in [0.25, 0.3) is 0 Å². The Bertz CT molecular complexity index is 1110. The zero-order valence-electron chi connectivity index (χ0n) is 14.9. The van der Waals surface area contributed by atoms with Gasteiger partial charge in [-0.2, -0.15) is 5.10 Å². The molecule has 0 spiro atoms. The lowest BCUT2D eigenvalue weighted by Crippen LogP contribution is -2.34. The normalized spacial score (nSPS) is 20.0. The first-order valence-electron chi connectivity index (χ1n) is 9.03. The summed E-state index contributed by atoms with van der Waals surface area (Å²) < 4.78 is 20.9. The lowest BCUT2D eigenvalue weighted by Gasteiger charge is -2.38. The molecule has 2 aliphatic rings. The van der Waals surface area contributed by atoms with Crippen molar-refractivity contribution in [2.45, 2.75) is 18.7 Å². The molecule has 3 aromatic rings. The van der Waals surface area contributed by atoms with Gasteiger partial charge in [0.2, 0.25) is 6.23 Å². The lowest BCUT2D eigenvalue weighted by atomic mass is 9.96. The van der Waals surface area contributed by atoms with Crippen molar-refractivity contribution < 1.29 is 9.13 Å². The van der Waals surface area contributed by atoms with E-state index in [4.69, 9.17) is 44.6 Å². The quantitative estimate of drug-likeness (QED) is 0.421. The summed E-state index contributed by atoms with van der Waals surface area (Å²) >= 11 is 18.6. The summed E-state index contributed by atoms with van der Waals surface area (Å²) in [6, 6.07) is 17.4. The molecule has 0 radical (unpaired) electrons. The molecule has 0 bridgehead atoms. The number of fused-ring (bicyclic) bond motifs is 3. The van der Waals surface area contributed by atoms with Crippen LogP contribution < -0.4 is 4.74 Å². The summed E-state index contributed by atoms with van der Waals surface area (Å²) in [5.74, 6) is 0.210. The molecule has 0 unspecified atom stereocenters. The molecule has 3 nitrogen and oxygen atoms in total. The molecule has 29 heavy (non-hydrogen) atoms. The van der Waals surface area contributed by atoms with E-state index in [0.29, 0.717) is 27.2 Å². The molecule has 0 saturated carbocycles. The fourth-order valence-corrected chi connectivity index (χ4v) is 4.37. The van der Waals surface area contributed by atoms with Crippen LogP contribution in [0.15, 0.2) is 65.8 Å². The lowest BCUT2D eigenvalue weighted by molar-refractivity contribution is -0.0211. The highest BCUT2D eigenvalue weighted by Crippen LogP contribution is 2.49. The Kier molecular flexibility index (Phi) is 4.66. The Labute approximate surface area is 182 Å². The maximum atomic E-state index is 14.7. The van der Waals surface area contributed by atoms with Crippen LogP contribution in [0.25, 0.3) is 0 Å². The maximum absolute atomic E-state index is 14.7. The van der Waals surface area contributed by atoms with Gasteiger partial charge in [0.05, 0.1) is 22.3 Å². The topological polar surface area (TPSA) is 24.8 Å². The van der Waals surface area contributed by atoms with Crippen molar-refractivity contribution in [3.05, 3.63) is 98.2 Å². The molecule has 2 heterocycles. The first-order chi connectivity index (χ1) is 14.0. The minimum absolute atomic E-state index is 0.149. The molecule has 0 aliphatic carbocycles. The highest BCUT2D eigenvalue weighted by atomic mass is 35.5. The van der Waals surface area contributed by atoms with E-state index in [-0.39, 0.29) is 11.6 Å². The minimum Gasteiger partial charge on any atom is -0.464 e. The Hall–Kier alpha value is -2.27. The molecule has 5 rings (SSSR count). The SMILES string of the molecule is Fc1cccc(Cl)c1[C@H]1Oc2ccc(Cl)cc2[C@H]2CC(c3ccc(Cl)cc3)=NN21. The average Bonchev–Trinajstić information content (AvgIpc) is 3.14. The van der Waals surface area contributed by atoms with Crippen molar-refractivity contribution >= 4 is 40.5 Å². The second kappa shape index (κ2) is 7.21. The van der Waals surface area contributed by atoms with E-state index in [1.165, 1.54) is 6.07 Å². The predicted octanol–water partition coefficient (Wildman–Crippen LogP) is 7.03. The summed E-state index contributed by atoms with van der Waals surface area (Å²) in [7, 11) is 0. The van der Waals surface area contributed by atoms with Gasteiger partial charge in [-0.1, -0.05) is 53.0 Å². The van der Waals surface area contributed by atoms with Crippen LogP contribution >= 0.6 is 34.8 Å². The largest absolute Gasteiger partial charge is 0.464 e. The van der Waals surface area contributed by atoms with Gasteiger partial charge >= 0.3 is 0 Å². The van der Waals surface area contributed by atoms with E-state index in [0.717, 1.165) is 16.8 Å². The Morgan fingerprint density at radius 3 is 2.48 bits per heavy atom. The van der Waals surface area contributed by atoms with Crippen LogP contribution in [0.2, 0.25) is 15.1 Å². The zero-order chi connectivity index (χ0) is 20.1. The third kappa shape index (κ3) is 3.25. The highest BCUT2D eigenvalue weighted by molar-refractivity contribution is 6.31. The van der Waals surface area contributed by atoms with Crippen LogP contribution in [0.3, 0.4) is 0 Å². The Morgan fingerprint density at radius 1 is 0.966 bits per heavy atom. The third-order valence-electron chi connectivity index (χ3n) is 5.18. The predicted molar refractivity (Wildman–Crippen MR) is 113 cm³/mol. The fourth-order valence-electron chi connectivity index (χ4n) is 3.81. The number of nitrogens with zero attached hydrogens (tertiary/aromatic N) is 2. The van der Waals surface area contributed by atoms with Crippen molar-refractivity contribution in [2.75, 3.05) is 0 Å². The van der Waals surface area contributed by atoms with Crippen molar-refractivity contribution in [1.82, 2.24) is 5.01 Å². The second-order valence-electron chi connectivity index (χ2n) is 6.94. The number of hydrazone groups is 1. The van der Waals surface area contributed by atoms with Gasteiger partial charge in [0, 0.05) is 22.0 Å². The molecule has 146 valence electrons. The number of halogens is 4. The van der Waals surface area contributed by atoms with Crippen molar-refractivity contribution in [3.63, 3.8) is 0 Å². The summed E-state index contributed by atoms with van der Waals surface area (Å²) in [5, 5.41) is 8.12. The van der Waals surface area contributed by atoms with Crippen LogP contribution in [0.5, 0.6) is 5.75 Å². The minimum atomic E-state index is -0.785. The smallest absolute Gasteiger partial charge is 0.218 e. The van der Waals surface area contributed by atoms with Gasteiger partial charge in [-0.3, -0.25) is 0 Å². The van der Waals surface area contributed by atoms with Gasteiger partial charge < -0.3 is 4.74 Å². The molecule has 0 N–H and O–H groups in total. The van der Waals surface area contributed by atoms with E-state index in [1.807, 2.05) is 30.3 Å². The summed E-state index contributed by atoms with van der Waals surface area (Å²) in [5.41, 5.74) is 2.99. The number of hydrogen-bond acceptors (Lipinski definition) is 3. The molecular formula is C22H14Cl3FN2O. The standard InChI is InChI=1S/C22H14Cl3FN2O/c23-13-6-4-12(5-7-13)18-11-19-15-10-14(24)8-9-20(15)29-22(28(19)27-18)21-16(25)2-1-3-17(21)26/h1-10,19,22H,11H2/t19-,22-/m1/s1. The van der Waals surface area contributed by atoms with E-state index < -0.39 is 12.0 Å². The van der Waals surface area contributed by atoms with Crippen LogP contribution in [-0.2, 0) is 0 Å². The number of ether oxygens (including phenoxy) is 1. The van der Waals surface area contributed by atoms with E-state index in [9.17, 15) is 4.39 Å². The molecule has 0 aromatic heterocycles. The van der Waals surface area contributed by atoms with Crippen LogP contribution in [0, 0.1) is 5.82 Å². The third-order valence-corrected chi connectivity index (χ3v) is 5.99. The van der Waals surface area contributed by atoms with E-state index >= 15 is 0 Å². The van der Waals surface area contributed by atoms with E-state index in [2.05, 4.69) is 0 Å². The summed E-state index contributed by atoms with van der Waals surface area (Å²) in [6.45, 7) is 0. The number of rotatable bonds is 2. The van der Waals surface area contributed by atoms with E-state index in [1.54, 1.807) is 29.3 Å². The molecule has 0 amide bonds. The van der Waals surface area contributed by atoms with Crippen molar-refractivity contribution in [3.8, 4) is 5.75 Å². The van der Waals surface area contributed by atoms with Crippen LogP contribution in [0.1, 0.15) is 35.4 Å². The molecule has 0 saturated heterocycles. The number of hydrogen-bond donors (Lipinski definition) is 0. The van der Waals surface area contributed by atoms with Gasteiger partial charge in [-0.25, -0.2) is 9.40 Å². The monoisotopic (exact) mass is 446 g/mol. The first kappa shape index (κ1) is 18.7. The average molecular weight is 448 g/mol. The summed E-state index contributed by atoms with van der Waals surface area (Å²) in [4.78, 5) is 0. The van der Waals surface area contributed by atoms with Gasteiger partial charge in [-0.15, -0.1) is 0 Å². The Balaban J connectivity index is 1.64. The molecule has 2 aliphatic heterocycles. The Morgan fingerprint density at radius 2 is 1.72 bits per heavy atom. The fraction of sp³-hybridized carbons (Fsp3) is 0.136. The zero-order valence-corrected chi connectivity index (χ0v) is 17.2. The highest BCUT2D eigenvalue weighted by Gasteiger charge is 2.42. The van der Waals surface area contributed by atoms with Gasteiger partial charge in [0.1, 0.15) is 11.6 Å². The molecule has 7 heteroatoms.